The Morgan fingerprint density at radius 2 is 0.902 bits per heavy atom. The summed E-state index contributed by atoms with van der Waals surface area (Å²) < 4.78 is 7.42. The van der Waals surface area contributed by atoms with Crippen molar-refractivity contribution >= 4 is 75.1 Å². The van der Waals surface area contributed by atoms with E-state index in [4.69, 9.17) is 0 Å². The van der Waals surface area contributed by atoms with Crippen LogP contribution in [0.1, 0.15) is 0 Å². The molecule has 11 aromatic rings. The normalized spacial score (nSPS) is 11.9. The average molecular weight is 667 g/mol. The fourth-order valence-electron chi connectivity index (χ4n) is 8.34. The van der Waals surface area contributed by atoms with Gasteiger partial charge < -0.3 is 9.13 Å². The maximum atomic E-state index is 2.45. The van der Waals surface area contributed by atoms with Crippen LogP contribution in [0.4, 0.5) is 0 Å². The van der Waals surface area contributed by atoms with Crippen molar-refractivity contribution < 1.29 is 0 Å². The van der Waals surface area contributed by atoms with Crippen LogP contribution in [0.2, 0.25) is 0 Å². The molecule has 0 radical (unpaired) electrons. The van der Waals surface area contributed by atoms with Crippen molar-refractivity contribution in [3.63, 3.8) is 0 Å². The first-order valence-corrected chi connectivity index (χ1v) is 18.3. The molecule has 0 unspecified atom stereocenters. The zero-order chi connectivity index (χ0) is 33.5. The molecular formula is C48H30N2S. The molecule has 8 aromatic carbocycles. The lowest BCUT2D eigenvalue weighted by atomic mass is 9.92. The maximum absolute atomic E-state index is 2.45. The highest BCUT2D eigenvalue weighted by Crippen LogP contribution is 2.47. The minimum absolute atomic E-state index is 1.17. The van der Waals surface area contributed by atoms with Gasteiger partial charge in [0.2, 0.25) is 0 Å². The molecule has 3 aromatic heterocycles. The molecule has 51 heavy (non-hydrogen) atoms. The van der Waals surface area contributed by atoms with E-state index in [0.29, 0.717) is 0 Å². The third-order valence-electron chi connectivity index (χ3n) is 10.5. The van der Waals surface area contributed by atoms with Crippen molar-refractivity contribution in [3.8, 4) is 33.6 Å². The van der Waals surface area contributed by atoms with Gasteiger partial charge in [0.15, 0.2) is 0 Å². The molecule has 0 aliphatic heterocycles. The quantitative estimate of drug-likeness (QED) is 0.177. The third-order valence-corrected chi connectivity index (χ3v) is 11.6. The monoisotopic (exact) mass is 666 g/mol. The topological polar surface area (TPSA) is 9.86 Å². The second-order valence-electron chi connectivity index (χ2n) is 13.3. The van der Waals surface area contributed by atoms with Crippen LogP contribution < -0.4 is 0 Å². The van der Waals surface area contributed by atoms with Gasteiger partial charge >= 0.3 is 0 Å². The van der Waals surface area contributed by atoms with Gasteiger partial charge in [-0.2, -0.15) is 0 Å². The fraction of sp³-hybridized carbons (Fsp3) is 0. The van der Waals surface area contributed by atoms with Gasteiger partial charge in [-0.05, 0) is 95.1 Å². The SMILES string of the molecule is c1ccc(-n2c3ccccc3c3cc(-c4cc(-c5cccc6c5c5ccccc5n6-c5ccccc5)c5c(c4)sc4ccccc45)ccc32)cc1. The van der Waals surface area contributed by atoms with Crippen molar-refractivity contribution in [2.45, 2.75) is 0 Å². The van der Waals surface area contributed by atoms with Crippen molar-refractivity contribution in [2.75, 3.05) is 0 Å². The number of rotatable bonds is 4. The Bertz CT molecular complexity index is 3130. The van der Waals surface area contributed by atoms with E-state index in [2.05, 4.69) is 191 Å². The van der Waals surface area contributed by atoms with Crippen LogP contribution >= 0.6 is 11.3 Å². The molecule has 0 aliphatic carbocycles. The predicted octanol–water partition coefficient (Wildman–Crippen LogP) is 13.6. The van der Waals surface area contributed by atoms with E-state index < -0.39 is 0 Å². The smallest absolute Gasteiger partial charge is 0.0547 e. The highest BCUT2D eigenvalue weighted by molar-refractivity contribution is 7.26. The minimum Gasteiger partial charge on any atom is -0.309 e. The van der Waals surface area contributed by atoms with Gasteiger partial charge in [0.1, 0.15) is 0 Å². The van der Waals surface area contributed by atoms with Crippen LogP contribution in [0.25, 0.3) is 97.4 Å². The zero-order valence-corrected chi connectivity index (χ0v) is 28.4. The number of para-hydroxylation sites is 4. The number of thiophene rings is 1. The van der Waals surface area contributed by atoms with E-state index in [9.17, 15) is 0 Å². The van der Waals surface area contributed by atoms with Gasteiger partial charge in [-0.25, -0.2) is 0 Å². The molecule has 238 valence electrons. The molecule has 2 nitrogen and oxygen atoms in total. The highest BCUT2D eigenvalue weighted by Gasteiger charge is 2.20. The number of hydrogen-bond donors (Lipinski definition) is 0. The van der Waals surface area contributed by atoms with E-state index in [-0.39, 0.29) is 0 Å². The first-order chi connectivity index (χ1) is 25.3. The Hall–Kier alpha value is -6.42. The summed E-state index contributed by atoms with van der Waals surface area (Å²) in [4.78, 5) is 0. The summed E-state index contributed by atoms with van der Waals surface area (Å²) in [5, 5.41) is 7.71. The van der Waals surface area contributed by atoms with Gasteiger partial charge in [0.25, 0.3) is 0 Å². The Balaban J connectivity index is 1.21. The van der Waals surface area contributed by atoms with Gasteiger partial charge in [0.05, 0.1) is 22.1 Å². The largest absolute Gasteiger partial charge is 0.309 e. The van der Waals surface area contributed by atoms with E-state index >= 15 is 0 Å². The summed E-state index contributed by atoms with van der Waals surface area (Å²) >= 11 is 1.89. The lowest BCUT2D eigenvalue weighted by Gasteiger charge is -2.13. The fourth-order valence-corrected chi connectivity index (χ4v) is 9.51. The number of nitrogens with zero attached hydrogens (tertiary/aromatic N) is 2. The number of aromatic nitrogens is 2. The van der Waals surface area contributed by atoms with Crippen LogP contribution in [-0.2, 0) is 0 Å². The Morgan fingerprint density at radius 3 is 1.67 bits per heavy atom. The molecule has 0 bridgehead atoms. The third kappa shape index (κ3) is 4.22. The van der Waals surface area contributed by atoms with E-state index in [1.54, 1.807) is 0 Å². The Labute approximate surface area is 298 Å². The predicted molar refractivity (Wildman–Crippen MR) is 219 cm³/mol. The van der Waals surface area contributed by atoms with E-state index in [1.807, 2.05) is 11.3 Å². The maximum Gasteiger partial charge on any atom is 0.0547 e. The van der Waals surface area contributed by atoms with Crippen molar-refractivity contribution in [2.24, 2.45) is 0 Å². The van der Waals surface area contributed by atoms with Gasteiger partial charge in [-0.15, -0.1) is 11.3 Å². The van der Waals surface area contributed by atoms with Gasteiger partial charge in [0, 0.05) is 53.1 Å². The second kappa shape index (κ2) is 11.0. The summed E-state index contributed by atoms with van der Waals surface area (Å²) in [6.07, 6.45) is 0. The molecule has 3 heterocycles. The average Bonchev–Trinajstić information content (AvgIpc) is 3.86. The highest BCUT2D eigenvalue weighted by atomic mass is 32.1. The molecule has 0 spiro atoms. The molecular weight excluding hydrogens is 637 g/mol. The van der Waals surface area contributed by atoms with E-state index in [1.165, 1.54) is 97.4 Å². The molecule has 0 N–H and O–H groups in total. The lowest BCUT2D eigenvalue weighted by molar-refractivity contribution is 1.18. The number of benzene rings is 8. The molecule has 0 aliphatic rings. The van der Waals surface area contributed by atoms with Crippen molar-refractivity contribution in [1.82, 2.24) is 9.13 Å². The molecule has 0 atom stereocenters. The van der Waals surface area contributed by atoms with Crippen LogP contribution in [0.15, 0.2) is 182 Å². The Morgan fingerprint density at radius 1 is 0.314 bits per heavy atom. The van der Waals surface area contributed by atoms with Crippen LogP contribution in [0.5, 0.6) is 0 Å². The molecule has 0 saturated carbocycles. The van der Waals surface area contributed by atoms with Crippen LogP contribution in [-0.4, -0.2) is 9.13 Å². The standard InChI is InChI=1S/C48H30N2S/c1-3-14-33(15-4-1)49-41-22-10-7-18-35(41)39-28-31(26-27-43(39)49)32-29-40(48-38-20-9-12-25-45(38)51-46(48)30-32)36-21-13-24-44-47(36)37-19-8-11-23-42(37)50(44)34-16-5-2-6-17-34/h1-30H. The zero-order valence-electron chi connectivity index (χ0n) is 27.6. The van der Waals surface area contributed by atoms with Crippen molar-refractivity contribution in [3.05, 3.63) is 182 Å². The lowest BCUT2D eigenvalue weighted by Crippen LogP contribution is -1.93. The van der Waals surface area contributed by atoms with Gasteiger partial charge in [-0.1, -0.05) is 109 Å². The molecule has 3 heteroatoms. The number of fused-ring (bicyclic) bond motifs is 9. The van der Waals surface area contributed by atoms with E-state index in [0.717, 1.165) is 0 Å². The summed E-state index contributed by atoms with van der Waals surface area (Å²) in [7, 11) is 0. The first kappa shape index (κ1) is 28.4. The Kier molecular flexibility index (Phi) is 6.16. The molecule has 0 amide bonds. The summed E-state index contributed by atoms with van der Waals surface area (Å²) in [6, 6.07) is 66.6. The van der Waals surface area contributed by atoms with Crippen LogP contribution in [0.3, 0.4) is 0 Å². The summed E-state index contributed by atoms with van der Waals surface area (Å²) in [5.74, 6) is 0. The molecule has 11 rings (SSSR count). The summed E-state index contributed by atoms with van der Waals surface area (Å²) in [5.41, 5.74) is 12.2. The molecule has 0 saturated heterocycles. The minimum atomic E-state index is 1.17. The molecule has 0 fully saturated rings. The summed E-state index contributed by atoms with van der Waals surface area (Å²) in [6.45, 7) is 0. The second-order valence-corrected chi connectivity index (χ2v) is 14.4. The number of hydrogen-bond acceptors (Lipinski definition) is 1. The van der Waals surface area contributed by atoms with Crippen molar-refractivity contribution in [1.29, 1.82) is 0 Å². The van der Waals surface area contributed by atoms with Crippen LogP contribution in [0, 0.1) is 0 Å². The van der Waals surface area contributed by atoms with Gasteiger partial charge in [-0.3, -0.25) is 0 Å². The first-order valence-electron chi connectivity index (χ1n) is 17.4.